The van der Waals surface area contributed by atoms with Crippen LogP contribution in [0.4, 0.5) is 5.69 Å². The van der Waals surface area contributed by atoms with Crippen LogP contribution < -0.4 is 0 Å². The highest BCUT2D eigenvalue weighted by molar-refractivity contribution is 7.98. The second-order valence-electron chi connectivity index (χ2n) is 5.96. The van der Waals surface area contributed by atoms with Gasteiger partial charge in [-0.3, -0.25) is 10.1 Å². The standard InChI is InChI=1S/C17H19N3O5S2/c1-13-14(3-2-4-16(13)20(21)22)12-26-17-6-5-15(11-18-17)27(23,24)19-7-9-25-10-8-19/h2-6,11H,7-10,12H2,1H3. The number of pyridine rings is 1. The van der Waals surface area contributed by atoms with Crippen LogP contribution in [0.5, 0.6) is 0 Å². The van der Waals surface area contributed by atoms with E-state index < -0.39 is 14.9 Å². The molecule has 3 rings (SSSR count). The first-order valence-electron chi connectivity index (χ1n) is 8.29. The number of sulfonamides is 1. The molecule has 1 fully saturated rings. The van der Waals surface area contributed by atoms with Gasteiger partial charge in [0, 0.05) is 36.7 Å². The molecule has 1 aromatic carbocycles. The van der Waals surface area contributed by atoms with Gasteiger partial charge >= 0.3 is 0 Å². The number of hydrogen-bond donors (Lipinski definition) is 0. The largest absolute Gasteiger partial charge is 0.379 e. The zero-order valence-electron chi connectivity index (χ0n) is 14.7. The van der Waals surface area contributed by atoms with Crippen molar-refractivity contribution in [2.24, 2.45) is 0 Å². The zero-order chi connectivity index (χ0) is 19.4. The molecule has 0 saturated carbocycles. The molecular weight excluding hydrogens is 390 g/mol. The number of hydrogen-bond acceptors (Lipinski definition) is 7. The fraction of sp³-hybridized carbons (Fsp3) is 0.353. The summed E-state index contributed by atoms with van der Waals surface area (Å²) in [6.45, 7) is 3.18. The van der Waals surface area contributed by atoms with Crippen LogP contribution in [-0.2, 0) is 20.5 Å². The Bertz CT molecular complexity index is 926. The summed E-state index contributed by atoms with van der Waals surface area (Å²) in [7, 11) is -3.56. The van der Waals surface area contributed by atoms with Gasteiger partial charge in [0.15, 0.2) is 0 Å². The van der Waals surface area contributed by atoms with Crippen LogP contribution in [0.2, 0.25) is 0 Å². The predicted octanol–water partition coefficient (Wildman–Crippen LogP) is 2.61. The number of benzene rings is 1. The molecule has 0 N–H and O–H groups in total. The first-order chi connectivity index (χ1) is 12.9. The predicted molar refractivity (Wildman–Crippen MR) is 101 cm³/mol. The minimum atomic E-state index is -3.56. The molecule has 1 aliphatic rings. The van der Waals surface area contributed by atoms with Gasteiger partial charge in [0.25, 0.3) is 5.69 Å². The van der Waals surface area contributed by atoms with E-state index in [-0.39, 0.29) is 10.6 Å². The van der Waals surface area contributed by atoms with Crippen LogP contribution in [0.15, 0.2) is 46.5 Å². The molecule has 27 heavy (non-hydrogen) atoms. The lowest BCUT2D eigenvalue weighted by atomic mass is 10.1. The number of nitrogens with zero attached hydrogens (tertiary/aromatic N) is 3. The van der Waals surface area contributed by atoms with E-state index in [0.29, 0.717) is 42.6 Å². The van der Waals surface area contributed by atoms with Crippen molar-refractivity contribution in [2.45, 2.75) is 22.6 Å². The summed E-state index contributed by atoms with van der Waals surface area (Å²) in [5, 5.41) is 11.7. The molecule has 0 aliphatic carbocycles. The summed E-state index contributed by atoms with van der Waals surface area (Å²) in [6.07, 6.45) is 1.35. The van der Waals surface area contributed by atoms with Gasteiger partial charge in [0.05, 0.1) is 23.2 Å². The van der Waals surface area contributed by atoms with E-state index in [9.17, 15) is 18.5 Å². The van der Waals surface area contributed by atoms with E-state index in [0.717, 1.165) is 5.56 Å². The molecule has 0 atom stereocenters. The van der Waals surface area contributed by atoms with Crippen molar-refractivity contribution in [2.75, 3.05) is 26.3 Å². The van der Waals surface area contributed by atoms with Crippen molar-refractivity contribution in [1.29, 1.82) is 0 Å². The third-order valence-corrected chi connectivity index (χ3v) is 7.18. The van der Waals surface area contributed by atoms with Crippen LogP contribution >= 0.6 is 11.8 Å². The van der Waals surface area contributed by atoms with Crippen molar-refractivity contribution < 1.29 is 18.1 Å². The Kier molecular flexibility index (Phi) is 6.10. The van der Waals surface area contributed by atoms with Gasteiger partial charge in [-0.25, -0.2) is 13.4 Å². The normalized spacial score (nSPS) is 15.6. The van der Waals surface area contributed by atoms with Gasteiger partial charge < -0.3 is 4.74 Å². The minimum Gasteiger partial charge on any atom is -0.379 e. The molecule has 144 valence electrons. The summed E-state index contributed by atoms with van der Waals surface area (Å²) in [4.78, 5) is 15.0. The topological polar surface area (TPSA) is 103 Å². The maximum Gasteiger partial charge on any atom is 0.272 e. The average Bonchev–Trinajstić information content (AvgIpc) is 2.68. The summed E-state index contributed by atoms with van der Waals surface area (Å²) in [6, 6.07) is 8.18. The first kappa shape index (κ1) is 19.7. The van der Waals surface area contributed by atoms with E-state index in [1.165, 1.54) is 28.3 Å². The van der Waals surface area contributed by atoms with E-state index in [1.807, 2.05) is 6.07 Å². The molecule has 1 saturated heterocycles. The molecule has 0 amide bonds. The molecule has 0 spiro atoms. The van der Waals surface area contributed by atoms with Gasteiger partial charge in [-0.2, -0.15) is 4.31 Å². The highest BCUT2D eigenvalue weighted by atomic mass is 32.2. The minimum absolute atomic E-state index is 0.0908. The lowest BCUT2D eigenvalue weighted by Gasteiger charge is -2.25. The molecule has 1 aromatic heterocycles. The van der Waals surface area contributed by atoms with Gasteiger partial charge in [0.2, 0.25) is 10.0 Å². The summed E-state index contributed by atoms with van der Waals surface area (Å²) in [5.41, 5.74) is 1.57. The number of nitro benzene ring substituents is 1. The average molecular weight is 409 g/mol. The van der Waals surface area contributed by atoms with Crippen molar-refractivity contribution in [3.8, 4) is 0 Å². The molecule has 2 heterocycles. The molecule has 0 unspecified atom stereocenters. The highest BCUT2D eigenvalue weighted by Gasteiger charge is 2.26. The Hall–Kier alpha value is -2.01. The molecule has 8 nitrogen and oxygen atoms in total. The second kappa shape index (κ2) is 8.34. The first-order valence-corrected chi connectivity index (χ1v) is 10.7. The lowest BCUT2D eigenvalue weighted by Crippen LogP contribution is -2.40. The Morgan fingerprint density at radius 3 is 2.63 bits per heavy atom. The SMILES string of the molecule is Cc1c(CSc2ccc(S(=O)(=O)N3CCOCC3)cn2)cccc1[N+](=O)[O-]. The number of aromatic nitrogens is 1. The van der Waals surface area contributed by atoms with E-state index in [1.54, 1.807) is 25.1 Å². The second-order valence-corrected chi connectivity index (χ2v) is 8.89. The smallest absolute Gasteiger partial charge is 0.272 e. The van der Waals surface area contributed by atoms with Crippen LogP contribution in [0, 0.1) is 17.0 Å². The fourth-order valence-electron chi connectivity index (χ4n) is 2.72. The highest BCUT2D eigenvalue weighted by Crippen LogP contribution is 2.28. The number of morpholine rings is 1. The zero-order valence-corrected chi connectivity index (χ0v) is 16.3. The number of rotatable bonds is 6. The van der Waals surface area contributed by atoms with Crippen molar-refractivity contribution >= 4 is 27.5 Å². The van der Waals surface area contributed by atoms with Gasteiger partial charge in [0.1, 0.15) is 4.90 Å². The molecule has 2 aromatic rings. The number of nitro groups is 1. The monoisotopic (exact) mass is 409 g/mol. The lowest BCUT2D eigenvalue weighted by molar-refractivity contribution is -0.385. The number of thioether (sulfide) groups is 1. The molecule has 10 heteroatoms. The molecule has 0 radical (unpaired) electrons. The van der Waals surface area contributed by atoms with Gasteiger partial charge in [-0.1, -0.05) is 12.1 Å². The fourth-order valence-corrected chi connectivity index (χ4v) is 4.98. The Morgan fingerprint density at radius 1 is 1.26 bits per heavy atom. The maximum absolute atomic E-state index is 12.6. The van der Waals surface area contributed by atoms with E-state index in [2.05, 4.69) is 4.98 Å². The third kappa shape index (κ3) is 4.46. The molecule has 0 bridgehead atoms. The van der Waals surface area contributed by atoms with Crippen molar-refractivity contribution in [3.63, 3.8) is 0 Å². The van der Waals surface area contributed by atoms with E-state index >= 15 is 0 Å². The van der Waals surface area contributed by atoms with Crippen molar-refractivity contribution in [3.05, 3.63) is 57.8 Å². The van der Waals surface area contributed by atoms with Crippen LogP contribution in [0.1, 0.15) is 11.1 Å². The molecular formula is C17H19N3O5S2. The third-order valence-electron chi connectivity index (χ3n) is 4.31. The van der Waals surface area contributed by atoms with Gasteiger partial charge in [-0.15, -0.1) is 11.8 Å². The number of ether oxygens (including phenoxy) is 1. The molecule has 1 aliphatic heterocycles. The van der Waals surface area contributed by atoms with Crippen LogP contribution in [0.3, 0.4) is 0 Å². The van der Waals surface area contributed by atoms with Crippen molar-refractivity contribution in [1.82, 2.24) is 9.29 Å². The summed E-state index contributed by atoms with van der Waals surface area (Å²) >= 11 is 1.40. The maximum atomic E-state index is 12.6. The van der Waals surface area contributed by atoms with Crippen LogP contribution in [0.25, 0.3) is 0 Å². The Morgan fingerprint density at radius 2 is 2.00 bits per heavy atom. The van der Waals surface area contributed by atoms with Crippen LogP contribution in [-0.4, -0.2) is 48.9 Å². The quantitative estimate of drug-likeness (QED) is 0.410. The van der Waals surface area contributed by atoms with E-state index in [4.69, 9.17) is 4.74 Å². The Balaban J connectivity index is 1.70. The Labute approximate surface area is 161 Å². The summed E-state index contributed by atoms with van der Waals surface area (Å²) < 4.78 is 31.8. The summed E-state index contributed by atoms with van der Waals surface area (Å²) in [5.74, 6) is 0.510. The van der Waals surface area contributed by atoms with Gasteiger partial charge in [-0.05, 0) is 24.6 Å².